The molecule has 1 atom stereocenters. The Morgan fingerprint density at radius 3 is 2.86 bits per heavy atom. The van der Waals surface area contributed by atoms with Crippen LogP contribution in [-0.4, -0.2) is 36.0 Å². The largest absolute Gasteiger partial charge is 0.324 e. The Bertz CT molecular complexity index is 473. The van der Waals surface area contributed by atoms with Crippen molar-refractivity contribution < 1.29 is 4.79 Å². The standard InChI is InChI=1S/C17H27N3O/c1-4-18-12-14-8-5-6-9-15(14)19-17(21)16-10-7-11-20(16)13(2)3/h5-6,8-9,13,16,18H,4,7,10-12H2,1-3H3,(H,19,21). The highest BCUT2D eigenvalue weighted by atomic mass is 16.2. The first-order valence-corrected chi connectivity index (χ1v) is 7.98. The van der Waals surface area contributed by atoms with Crippen molar-refractivity contribution in [1.29, 1.82) is 0 Å². The molecule has 1 heterocycles. The minimum absolute atomic E-state index is 0.0113. The van der Waals surface area contributed by atoms with Crippen LogP contribution in [0.2, 0.25) is 0 Å². The summed E-state index contributed by atoms with van der Waals surface area (Å²) in [4.78, 5) is 14.9. The second-order valence-corrected chi connectivity index (χ2v) is 5.92. The maximum Gasteiger partial charge on any atom is 0.241 e. The molecule has 0 radical (unpaired) electrons. The van der Waals surface area contributed by atoms with E-state index >= 15 is 0 Å². The third-order valence-electron chi connectivity index (χ3n) is 4.10. The number of hydrogen-bond donors (Lipinski definition) is 2. The summed E-state index contributed by atoms with van der Waals surface area (Å²) in [6.45, 7) is 9.13. The summed E-state index contributed by atoms with van der Waals surface area (Å²) in [5.74, 6) is 0.130. The molecular formula is C17H27N3O. The summed E-state index contributed by atoms with van der Waals surface area (Å²) in [5, 5.41) is 6.44. The lowest BCUT2D eigenvalue weighted by atomic mass is 10.1. The van der Waals surface area contributed by atoms with Crippen LogP contribution < -0.4 is 10.6 Å². The molecule has 1 aliphatic heterocycles. The molecular weight excluding hydrogens is 262 g/mol. The fraction of sp³-hybridized carbons (Fsp3) is 0.588. The van der Waals surface area contributed by atoms with Crippen LogP contribution in [0.15, 0.2) is 24.3 Å². The van der Waals surface area contributed by atoms with Crippen LogP contribution in [0.25, 0.3) is 0 Å². The Balaban J connectivity index is 2.05. The molecule has 116 valence electrons. The number of benzene rings is 1. The average Bonchev–Trinajstić information content (AvgIpc) is 2.96. The van der Waals surface area contributed by atoms with Gasteiger partial charge in [0.15, 0.2) is 0 Å². The van der Waals surface area contributed by atoms with E-state index < -0.39 is 0 Å². The van der Waals surface area contributed by atoms with Crippen LogP contribution in [-0.2, 0) is 11.3 Å². The third-order valence-corrected chi connectivity index (χ3v) is 4.10. The molecule has 4 heteroatoms. The molecule has 4 nitrogen and oxygen atoms in total. The first-order chi connectivity index (χ1) is 10.1. The minimum Gasteiger partial charge on any atom is -0.324 e. The van der Waals surface area contributed by atoms with Crippen LogP contribution in [0, 0.1) is 0 Å². The number of hydrogen-bond acceptors (Lipinski definition) is 3. The van der Waals surface area contributed by atoms with Crippen LogP contribution >= 0.6 is 0 Å². The number of rotatable bonds is 6. The predicted octanol–water partition coefficient (Wildman–Crippen LogP) is 2.61. The van der Waals surface area contributed by atoms with E-state index in [2.05, 4.69) is 42.4 Å². The molecule has 0 spiro atoms. The number of likely N-dealkylation sites (tertiary alicyclic amines) is 1. The molecule has 1 saturated heterocycles. The summed E-state index contributed by atoms with van der Waals surface area (Å²) in [6, 6.07) is 8.46. The van der Waals surface area contributed by atoms with Gasteiger partial charge in [-0.1, -0.05) is 25.1 Å². The van der Waals surface area contributed by atoms with E-state index in [0.29, 0.717) is 6.04 Å². The maximum atomic E-state index is 12.6. The summed E-state index contributed by atoms with van der Waals surface area (Å²) in [6.07, 6.45) is 2.06. The molecule has 0 aliphatic carbocycles. The Morgan fingerprint density at radius 1 is 1.38 bits per heavy atom. The topological polar surface area (TPSA) is 44.4 Å². The van der Waals surface area contributed by atoms with Gasteiger partial charge in [0.2, 0.25) is 5.91 Å². The molecule has 1 unspecified atom stereocenters. The summed E-state index contributed by atoms with van der Waals surface area (Å²) in [5.41, 5.74) is 2.07. The molecule has 0 aromatic heterocycles. The highest BCUT2D eigenvalue weighted by Crippen LogP contribution is 2.22. The molecule has 2 N–H and O–H groups in total. The molecule has 1 amide bonds. The zero-order chi connectivity index (χ0) is 15.2. The fourth-order valence-electron chi connectivity index (χ4n) is 2.96. The molecule has 2 rings (SSSR count). The van der Waals surface area contributed by atoms with Crippen molar-refractivity contribution in [1.82, 2.24) is 10.2 Å². The van der Waals surface area contributed by atoms with Gasteiger partial charge in [-0.2, -0.15) is 0 Å². The van der Waals surface area contributed by atoms with Gasteiger partial charge >= 0.3 is 0 Å². The molecule has 1 aliphatic rings. The van der Waals surface area contributed by atoms with Crippen molar-refractivity contribution in [3.05, 3.63) is 29.8 Å². The van der Waals surface area contributed by atoms with Crippen LogP contribution in [0.5, 0.6) is 0 Å². The van der Waals surface area contributed by atoms with E-state index in [0.717, 1.165) is 43.7 Å². The molecule has 0 saturated carbocycles. The van der Waals surface area contributed by atoms with Crippen LogP contribution in [0.1, 0.15) is 39.2 Å². The molecule has 1 fully saturated rings. The van der Waals surface area contributed by atoms with Gasteiger partial charge in [0.25, 0.3) is 0 Å². The van der Waals surface area contributed by atoms with Crippen molar-refractivity contribution in [2.24, 2.45) is 0 Å². The lowest BCUT2D eigenvalue weighted by Gasteiger charge is -2.27. The van der Waals surface area contributed by atoms with Crippen molar-refractivity contribution in [3.63, 3.8) is 0 Å². The van der Waals surface area contributed by atoms with Gasteiger partial charge in [-0.3, -0.25) is 9.69 Å². The summed E-state index contributed by atoms with van der Waals surface area (Å²) in [7, 11) is 0. The molecule has 0 bridgehead atoms. The first kappa shape index (κ1) is 16.0. The normalized spacial score (nSPS) is 19.1. The zero-order valence-corrected chi connectivity index (χ0v) is 13.4. The fourth-order valence-corrected chi connectivity index (χ4v) is 2.96. The zero-order valence-electron chi connectivity index (χ0n) is 13.4. The molecule has 21 heavy (non-hydrogen) atoms. The second kappa shape index (κ2) is 7.57. The Morgan fingerprint density at radius 2 is 2.14 bits per heavy atom. The average molecular weight is 289 g/mol. The lowest BCUT2D eigenvalue weighted by molar-refractivity contribution is -0.120. The predicted molar refractivity (Wildman–Crippen MR) is 87.3 cm³/mol. The maximum absolute atomic E-state index is 12.6. The summed E-state index contributed by atoms with van der Waals surface area (Å²) < 4.78 is 0. The minimum atomic E-state index is 0.0113. The molecule has 1 aromatic rings. The SMILES string of the molecule is CCNCc1ccccc1NC(=O)C1CCCN1C(C)C. The van der Waals surface area contributed by atoms with Crippen LogP contribution in [0.4, 0.5) is 5.69 Å². The highest BCUT2D eigenvalue weighted by Gasteiger charge is 2.32. The number of carbonyl (C=O) groups is 1. The summed E-state index contributed by atoms with van der Waals surface area (Å²) >= 11 is 0. The van der Waals surface area contributed by atoms with Gasteiger partial charge in [0, 0.05) is 18.3 Å². The van der Waals surface area contributed by atoms with Gasteiger partial charge in [-0.15, -0.1) is 0 Å². The van der Waals surface area contributed by atoms with Gasteiger partial charge in [0.05, 0.1) is 6.04 Å². The van der Waals surface area contributed by atoms with Crippen molar-refractivity contribution in [2.75, 3.05) is 18.4 Å². The number of amides is 1. The number of nitrogens with one attached hydrogen (secondary N) is 2. The monoisotopic (exact) mass is 289 g/mol. The Hall–Kier alpha value is -1.39. The van der Waals surface area contributed by atoms with Crippen molar-refractivity contribution in [2.45, 2.75) is 52.2 Å². The number of nitrogens with zero attached hydrogens (tertiary/aromatic N) is 1. The van der Waals surface area contributed by atoms with Gasteiger partial charge < -0.3 is 10.6 Å². The smallest absolute Gasteiger partial charge is 0.241 e. The lowest BCUT2D eigenvalue weighted by Crippen LogP contribution is -2.43. The number of carbonyl (C=O) groups excluding carboxylic acids is 1. The molecule has 1 aromatic carbocycles. The van der Waals surface area contributed by atoms with Gasteiger partial charge in [0.1, 0.15) is 0 Å². The van der Waals surface area contributed by atoms with Crippen molar-refractivity contribution >= 4 is 11.6 Å². The quantitative estimate of drug-likeness (QED) is 0.846. The van der Waals surface area contributed by atoms with Gasteiger partial charge in [-0.25, -0.2) is 0 Å². The van der Waals surface area contributed by atoms with Gasteiger partial charge in [-0.05, 0) is 51.4 Å². The van der Waals surface area contributed by atoms with E-state index in [9.17, 15) is 4.79 Å². The van der Waals surface area contributed by atoms with E-state index in [1.165, 1.54) is 0 Å². The van der Waals surface area contributed by atoms with Crippen molar-refractivity contribution in [3.8, 4) is 0 Å². The van der Waals surface area contributed by atoms with E-state index in [1.807, 2.05) is 18.2 Å². The first-order valence-electron chi connectivity index (χ1n) is 7.98. The van der Waals surface area contributed by atoms with E-state index in [1.54, 1.807) is 0 Å². The third kappa shape index (κ3) is 4.05. The second-order valence-electron chi connectivity index (χ2n) is 5.92. The number of para-hydroxylation sites is 1. The van der Waals surface area contributed by atoms with E-state index in [-0.39, 0.29) is 11.9 Å². The van der Waals surface area contributed by atoms with Crippen LogP contribution in [0.3, 0.4) is 0 Å². The Labute approximate surface area is 127 Å². The number of anilines is 1. The Kier molecular flexibility index (Phi) is 5.76. The van der Waals surface area contributed by atoms with E-state index in [4.69, 9.17) is 0 Å². The highest BCUT2D eigenvalue weighted by molar-refractivity contribution is 5.95.